The van der Waals surface area contributed by atoms with Crippen molar-refractivity contribution in [2.75, 3.05) is 13.7 Å². The first kappa shape index (κ1) is 19.3. The van der Waals surface area contributed by atoms with Crippen LogP contribution in [0.1, 0.15) is 17.2 Å². The zero-order valence-corrected chi connectivity index (χ0v) is 16.1. The lowest BCUT2D eigenvalue weighted by Crippen LogP contribution is -2.37. The molecule has 1 atom stereocenters. The highest BCUT2D eigenvalue weighted by atomic mass is 79.9. The molecule has 25 heavy (non-hydrogen) atoms. The normalized spacial score (nSPS) is 11.5. The van der Waals surface area contributed by atoms with Gasteiger partial charge in [-0.2, -0.15) is 0 Å². The Morgan fingerprint density at radius 3 is 2.52 bits per heavy atom. The van der Waals surface area contributed by atoms with Crippen molar-refractivity contribution in [3.05, 3.63) is 63.1 Å². The Kier molecular flexibility index (Phi) is 6.84. The molecule has 0 radical (unpaired) electrons. The Morgan fingerprint density at radius 2 is 1.88 bits per heavy atom. The van der Waals surface area contributed by atoms with Gasteiger partial charge in [0.25, 0.3) is 5.91 Å². The molecule has 1 amide bonds. The van der Waals surface area contributed by atoms with Crippen LogP contribution < -0.4 is 10.1 Å². The fraction of sp³-hybridized carbons (Fsp3) is 0.222. The predicted molar refractivity (Wildman–Crippen MR) is 98.7 cm³/mol. The SMILES string of the molecule is COC(=O)C(NC(=O)COc1cccc(Cl)c1C)c1ccc(Br)cc1. The van der Waals surface area contributed by atoms with Gasteiger partial charge in [-0.1, -0.05) is 45.7 Å². The molecular formula is C18H17BrClNO4. The number of rotatable bonds is 6. The third-order valence-electron chi connectivity index (χ3n) is 3.52. The van der Waals surface area contributed by atoms with Gasteiger partial charge in [-0.05, 0) is 36.8 Å². The summed E-state index contributed by atoms with van der Waals surface area (Å²) in [5.74, 6) is -0.492. The van der Waals surface area contributed by atoms with Crippen molar-refractivity contribution in [1.82, 2.24) is 5.32 Å². The maximum Gasteiger partial charge on any atom is 0.333 e. The van der Waals surface area contributed by atoms with Gasteiger partial charge in [0.2, 0.25) is 0 Å². The van der Waals surface area contributed by atoms with Crippen LogP contribution in [0.5, 0.6) is 5.75 Å². The number of hydrogen-bond donors (Lipinski definition) is 1. The summed E-state index contributed by atoms with van der Waals surface area (Å²) in [4.78, 5) is 24.2. The van der Waals surface area contributed by atoms with Gasteiger partial charge in [-0.25, -0.2) is 4.79 Å². The highest BCUT2D eigenvalue weighted by molar-refractivity contribution is 9.10. The first-order valence-corrected chi connectivity index (χ1v) is 8.60. The largest absolute Gasteiger partial charge is 0.483 e. The van der Waals surface area contributed by atoms with Gasteiger partial charge in [0.05, 0.1) is 7.11 Å². The van der Waals surface area contributed by atoms with Crippen molar-refractivity contribution in [2.24, 2.45) is 0 Å². The predicted octanol–water partition coefficient (Wildman–Crippen LogP) is 3.82. The molecule has 0 spiro atoms. The third kappa shape index (κ3) is 5.21. The van der Waals surface area contributed by atoms with Crippen LogP contribution in [0.25, 0.3) is 0 Å². The molecule has 0 bridgehead atoms. The maximum atomic E-state index is 12.2. The van der Waals surface area contributed by atoms with Gasteiger partial charge in [-0.3, -0.25) is 4.79 Å². The van der Waals surface area contributed by atoms with Crippen molar-refractivity contribution >= 4 is 39.4 Å². The molecule has 0 saturated heterocycles. The number of methoxy groups -OCH3 is 1. The van der Waals surface area contributed by atoms with Gasteiger partial charge in [-0.15, -0.1) is 0 Å². The van der Waals surface area contributed by atoms with E-state index in [1.54, 1.807) is 49.4 Å². The number of halogens is 2. The lowest BCUT2D eigenvalue weighted by molar-refractivity contribution is -0.145. The van der Waals surface area contributed by atoms with Gasteiger partial charge >= 0.3 is 5.97 Å². The number of carbonyl (C=O) groups is 2. The summed E-state index contributed by atoms with van der Waals surface area (Å²) in [6.45, 7) is 1.56. The van der Waals surface area contributed by atoms with Crippen LogP contribution in [0.4, 0.5) is 0 Å². The molecule has 7 heteroatoms. The van der Waals surface area contributed by atoms with Crippen LogP contribution in [0.3, 0.4) is 0 Å². The van der Waals surface area contributed by atoms with E-state index in [-0.39, 0.29) is 6.61 Å². The van der Waals surface area contributed by atoms with Crippen molar-refractivity contribution < 1.29 is 19.1 Å². The number of amides is 1. The monoisotopic (exact) mass is 425 g/mol. The first-order chi connectivity index (χ1) is 11.9. The average molecular weight is 427 g/mol. The number of nitrogens with one attached hydrogen (secondary N) is 1. The Labute approximate surface area is 159 Å². The van der Waals surface area contributed by atoms with Crippen molar-refractivity contribution in [3.8, 4) is 5.75 Å². The Bertz CT molecular complexity index is 764. The first-order valence-electron chi connectivity index (χ1n) is 7.43. The number of hydrogen-bond acceptors (Lipinski definition) is 4. The third-order valence-corrected chi connectivity index (χ3v) is 4.46. The molecule has 0 aliphatic rings. The van der Waals surface area contributed by atoms with E-state index >= 15 is 0 Å². The van der Waals surface area contributed by atoms with E-state index < -0.39 is 17.9 Å². The molecule has 0 fully saturated rings. The molecule has 2 rings (SSSR count). The summed E-state index contributed by atoms with van der Waals surface area (Å²) in [6.07, 6.45) is 0. The molecule has 0 aliphatic heterocycles. The number of ether oxygens (including phenoxy) is 2. The van der Waals surface area contributed by atoms with Gasteiger partial charge < -0.3 is 14.8 Å². The van der Waals surface area contributed by atoms with Gasteiger partial charge in [0, 0.05) is 15.1 Å². The maximum absolute atomic E-state index is 12.2. The Balaban J connectivity index is 2.05. The lowest BCUT2D eigenvalue weighted by Gasteiger charge is -2.17. The zero-order valence-electron chi connectivity index (χ0n) is 13.7. The minimum atomic E-state index is -0.908. The van der Waals surface area contributed by atoms with E-state index in [1.165, 1.54) is 7.11 Å². The van der Waals surface area contributed by atoms with Crippen LogP contribution >= 0.6 is 27.5 Å². The second-order valence-corrected chi connectivity index (χ2v) is 6.55. The number of carbonyl (C=O) groups excluding carboxylic acids is 2. The molecule has 0 aliphatic carbocycles. The molecule has 132 valence electrons. The number of benzene rings is 2. The van der Waals surface area contributed by atoms with Gasteiger partial charge in [0.1, 0.15) is 5.75 Å². The van der Waals surface area contributed by atoms with Gasteiger partial charge in [0.15, 0.2) is 12.6 Å². The highest BCUT2D eigenvalue weighted by Gasteiger charge is 2.23. The molecule has 5 nitrogen and oxygen atoms in total. The van der Waals surface area contributed by atoms with E-state index in [1.807, 2.05) is 0 Å². The zero-order chi connectivity index (χ0) is 18.4. The second kappa shape index (κ2) is 8.87. The summed E-state index contributed by atoms with van der Waals surface area (Å²) in [7, 11) is 1.27. The lowest BCUT2D eigenvalue weighted by atomic mass is 10.1. The van der Waals surface area contributed by atoms with Crippen molar-refractivity contribution in [3.63, 3.8) is 0 Å². The van der Waals surface area contributed by atoms with Crippen LogP contribution in [0, 0.1) is 6.92 Å². The summed E-state index contributed by atoms with van der Waals surface area (Å²) in [5.41, 5.74) is 1.36. The molecular weight excluding hydrogens is 410 g/mol. The van der Waals surface area contributed by atoms with E-state index in [4.69, 9.17) is 21.1 Å². The smallest absolute Gasteiger partial charge is 0.333 e. The molecule has 0 aromatic heterocycles. The Morgan fingerprint density at radius 1 is 1.20 bits per heavy atom. The summed E-state index contributed by atoms with van der Waals surface area (Å²) >= 11 is 9.35. The molecule has 2 aromatic rings. The molecule has 1 N–H and O–H groups in total. The van der Waals surface area contributed by atoms with E-state index in [0.717, 1.165) is 10.0 Å². The highest BCUT2D eigenvalue weighted by Crippen LogP contribution is 2.25. The second-order valence-electron chi connectivity index (χ2n) is 5.23. The van der Waals surface area contributed by atoms with Crippen molar-refractivity contribution in [2.45, 2.75) is 13.0 Å². The topological polar surface area (TPSA) is 64.6 Å². The van der Waals surface area contributed by atoms with Crippen LogP contribution in [-0.4, -0.2) is 25.6 Å². The minimum Gasteiger partial charge on any atom is -0.483 e. The summed E-state index contributed by atoms with van der Waals surface area (Å²) < 4.78 is 11.1. The summed E-state index contributed by atoms with van der Waals surface area (Å²) in [6, 6.07) is 11.3. The molecule has 0 heterocycles. The molecule has 2 aromatic carbocycles. The fourth-order valence-corrected chi connectivity index (χ4v) is 2.57. The quantitative estimate of drug-likeness (QED) is 0.713. The Hall–Kier alpha value is -2.05. The fourth-order valence-electron chi connectivity index (χ4n) is 2.14. The van der Waals surface area contributed by atoms with Crippen molar-refractivity contribution in [1.29, 1.82) is 0 Å². The van der Waals surface area contributed by atoms with Crippen LogP contribution in [0.2, 0.25) is 5.02 Å². The molecule has 1 unspecified atom stereocenters. The molecule has 0 saturated carbocycles. The average Bonchev–Trinajstić information content (AvgIpc) is 2.61. The van der Waals surface area contributed by atoms with E-state index in [9.17, 15) is 9.59 Å². The van der Waals surface area contributed by atoms with E-state index in [2.05, 4.69) is 21.2 Å². The van der Waals surface area contributed by atoms with E-state index in [0.29, 0.717) is 16.3 Å². The van der Waals surface area contributed by atoms with Crippen LogP contribution in [-0.2, 0) is 14.3 Å². The number of esters is 1. The van der Waals surface area contributed by atoms with Crippen LogP contribution in [0.15, 0.2) is 46.9 Å². The standard InChI is InChI=1S/C18H17BrClNO4/c1-11-14(20)4-3-5-15(11)25-10-16(22)21-17(18(23)24-2)12-6-8-13(19)9-7-12/h3-9,17H,10H2,1-2H3,(H,21,22). The summed E-state index contributed by atoms with van der Waals surface area (Å²) in [5, 5.41) is 3.18. The minimum absolute atomic E-state index is 0.245.